The average molecular weight is 443 g/mol. The molecule has 1 N–H and O–H groups in total. The lowest BCUT2D eigenvalue weighted by atomic mass is 10.1. The number of nitrogens with one attached hydrogen (secondary N) is 1. The highest BCUT2D eigenvalue weighted by Gasteiger charge is 2.34. The van der Waals surface area contributed by atoms with Gasteiger partial charge < -0.3 is 9.40 Å². The lowest BCUT2D eigenvalue weighted by molar-refractivity contribution is -0.130. The van der Waals surface area contributed by atoms with Crippen LogP contribution in [0.3, 0.4) is 0 Å². The van der Waals surface area contributed by atoms with Crippen molar-refractivity contribution in [1.29, 1.82) is 0 Å². The number of aromatic nitrogens is 2. The number of hydrogen-bond donors (Lipinski definition) is 1. The van der Waals surface area contributed by atoms with Crippen LogP contribution in [-0.2, 0) is 4.79 Å². The van der Waals surface area contributed by atoms with Gasteiger partial charge in [0.1, 0.15) is 11.5 Å². The van der Waals surface area contributed by atoms with Gasteiger partial charge in [-0.15, -0.1) is 11.3 Å². The number of thiophene rings is 1. The van der Waals surface area contributed by atoms with E-state index in [9.17, 15) is 4.79 Å². The van der Waals surface area contributed by atoms with Crippen molar-refractivity contribution in [1.82, 2.24) is 15.0 Å². The van der Waals surface area contributed by atoms with E-state index in [1.165, 1.54) is 11.8 Å². The highest BCUT2D eigenvalue weighted by molar-refractivity contribution is 7.99. The van der Waals surface area contributed by atoms with Gasteiger partial charge in [-0.05, 0) is 41.8 Å². The Morgan fingerprint density at radius 1 is 1.34 bits per heavy atom. The number of halogens is 1. The third-order valence-corrected chi connectivity index (χ3v) is 6.66. The van der Waals surface area contributed by atoms with E-state index in [4.69, 9.17) is 16.0 Å². The number of nitrogens with zero attached hydrogens (tertiary/aromatic N) is 3. The van der Waals surface area contributed by atoms with E-state index in [1.54, 1.807) is 28.7 Å². The molecule has 29 heavy (non-hydrogen) atoms. The SMILES string of the molecule is O=C(CSc1nc2ccc(Cl)cc2[nH]1)N1N=C(c2ccco2)CC1c1cccs1. The second kappa shape index (κ2) is 7.70. The minimum Gasteiger partial charge on any atom is -0.463 e. The van der Waals surface area contributed by atoms with E-state index < -0.39 is 0 Å². The normalized spacial score (nSPS) is 16.5. The van der Waals surface area contributed by atoms with Gasteiger partial charge in [-0.1, -0.05) is 29.4 Å². The zero-order chi connectivity index (χ0) is 19.8. The smallest absolute Gasteiger partial charge is 0.253 e. The predicted molar refractivity (Wildman–Crippen MR) is 116 cm³/mol. The van der Waals surface area contributed by atoms with Crippen LogP contribution in [0.4, 0.5) is 0 Å². The van der Waals surface area contributed by atoms with E-state index in [0.717, 1.165) is 21.6 Å². The third-order valence-electron chi connectivity index (χ3n) is 4.60. The van der Waals surface area contributed by atoms with Crippen LogP contribution in [0.15, 0.2) is 68.8 Å². The monoisotopic (exact) mass is 442 g/mol. The Hall–Kier alpha value is -2.55. The lowest BCUT2D eigenvalue weighted by Gasteiger charge is -2.20. The number of hydrazone groups is 1. The van der Waals surface area contributed by atoms with Crippen LogP contribution in [0, 0.1) is 0 Å². The van der Waals surface area contributed by atoms with Crippen LogP contribution < -0.4 is 0 Å². The summed E-state index contributed by atoms with van der Waals surface area (Å²) in [6.07, 6.45) is 2.25. The highest BCUT2D eigenvalue weighted by atomic mass is 35.5. The van der Waals surface area contributed by atoms with Gasteiger partial charge >= 0.3 is 0 Å². The molecule has 9 heteroatoms. The Kier molecular flexibility index (Phi) is 4.91. The van der Waals surface area contributed by atoms with E-state index in [0.29, 0.717) is 22.4 Å². The number of benzene rings is 1. The quantitative estimate of drug-likeness (QED) is 0.423. The summed E-state index contributed by atoms with van der Waals surface area (Å²) in [5, 5.41) is 9.50. The number of fused-ring (bicyclic) bond motifs is 1. The maximum Gasteiger partial charge on any atom is 0.253 e. The van der Waals surface area contributed by atoms with E-state index in [1.807, 2.05) is 41.8 Å². The second-order valence-electron chi connectivity index (χ2n) is 6.49. The highest BCUT2D eigenvalue weighted by Crippen LogP contribution is 2.36. The summed E-state index contributed by atoms with van der Waals surface area (Å²) in [7, 11) is 0. The van der Waals surface area contributed by atoms with Crippen molar-refractivity contribution in [3.8, 4) is 0 Å². The van der Waals surface area contributed by atoms with E-state index in [-0.39, 0.29) is 17.7 Å². The maximum atomic E-state index is 13.0. The number of H-pyrrole nitrogens is 1. The molecule has 0 spiro atoms. The fourth-order valence-corrected chi connectivity index (χ4v) is 4.98. The second-order valence-corrected chi connectivity index (χ2v) is 8.87. The van der Waals surface area contributed by atoms with Crippen LogP contribution in [0.1, 0.15) is 23.1 Å². The zero-order valence-corrected chi connectivity index (χ0v) is 17.4. The fraction of sp³-hybridized carbons (Fsp3) is 0.150. The van der Waals surface area contributed by atoms with Crippen LogP contribution in [0.25, 0.3) is 11.0 Å². The van der Waals surface area contributed by atoms with Crippen molar-refractivity contribution >= 4 is 57.4 Å². The number of carbonyl (C=O) groups excluding carboxylic acids is 1. The Bertz CT molecular complexity index is 1180. The van der Waals surface area contributed by atoms with Crippen LogP contribution in [0.2, 0.25) is 5.02 Å². The van der Waals surface area contributed by atoms with Gasteiger partial charge in [0.15, 0.2) is 5.16 Å². The molecule has 0 saturated heterocycles. The molecule has 5 rings (SSSR count). The molecule has 0 radical (unpaired) electrons. The van der Waals surface area contributed by atoms with Gasteiger partial charge in [0, 0.05) is 16.3 Å². The molecule has 3 aromatic heterocycles. The molecule has 1 atom stereocenters. The molecule has 4 aromatic rings. The zero-order valence-electron chi connectivity index (χ0n) is 15.0. The van der Waals surface area contributed by atoms with E-state index in [2.05, 4.69) is 15.1 Å². The molecule has 0 aliphatic carbocycles. The molecule has 1 unspecified atom stereocenters. The Balaban J connectivity index is 1.35. The van der Waals surface area contributed by atoms with Gasteiger partial charge in [0.05, 0.1) is 29.1 Å². The summed E-state index contributed by atoms with van der Waals surface area (Å²) >= 11 is 9.00. The number of rotatable bonds is 5. The average Bonchev–Trinajstić information content (AvgIpc) is 3.51. The number of imidazole rings is 1. The van der Waals surface area contributed by atoms with Gasteiger partial charge in [-0.2, -0.15) is 5.10 Å². The summed E-state index contributed by atoms with van der Waals surface area (Å²) < 4.78 is 5.49. The molecule has 6 nitrogen and oxygen atoms in total. The maximum absolute atomic E-state index is 13.0. The van der Waals surface area contributed by atoms with Crippen molar-refractivity contribution in [3.05, 3.63) is 69.8 Å². The van der Waals surface area contributed by atoms with Gasteiger partial charge in [-0.3, -0.25) is 4.79 Å². The molecule has 146 valence electrons. The molecule has 1 amide bonds. The fourth-order valence-electron chi connectivity index (χ4n) is 3.26. The molecule has 0 fully saturated rings. The predicted octanol–water partition coefficient (Wildman–Crippen LogP) is 5.34. The molecular weight excluding hydrogens is 428 g/mol. The largest absolute Gasteiger partial charge is 0.463 e. The van der Waals surface area contributed by atoms with Crippen molar-refractivity contribution in [2.75, 3.05) is 5.75 Å². The first-order chi connectivity index (χ1) is 14.2. The molecule has 1 aliphatic rings. The summed E-state index contributed by atoms with van der Waals surface area (Å²) in [5.41, 5.74) is 2.45. The molecule has 1 aromatic carbocycles. The topological polar surface area (TPSA) is 74.5 Å². The summed E-state index contributed by atoms with van der Waals surface area (Å²) in [6, 6.07) is 13.1. The number of aromatic amines is 1. The first-order valence-corrected chi connectivity index (χ1v) is 11.2. The van der Waals surface area contributed by atoms with Gasteiger partial charge in [0.2, 0.25) is 0 Å². The minimum absolute atomic E-state index is 0.0755. The summed E-state index contributed by atoms with van der Waals surface area (Å²) in [4.78, 5) is 21.8. The first kappa shape index (κ1) is 18.5. The number of thioether (sulfide) groups is 1. The van der Waals surface area contributed by atoms with Crippen molar-refractivity contribution in [2.45, 2.75) is 17.6 Å². The van der Waals surface area contributed by atoms with Crippen LogP contribution in [-0.4, -0.2) is 32.3 Å². The Morgan fingerprint density at radius 3 is 3.07 bits per heavy atom. The Morgan fingerprint density at radius 2 is 2.28 bits per heavy atom. The standard InChI is InChI=1S/C20H15ClN4O2S2/c21-12-5-6-13-14(9-12)23-20(22-13)29-11-19(26)25-16(18-4-2-8-28-18)10-15(24-25)17-3-1-7-27-17/h1-9,16H,10-11H2,(H,22,23). The van der Waals surface area contributed by atoms with Crippen LogP contribution >= 0.6 is 34.7 Å². The number of hydrogen-bond acceptors (Lipinski definition) is 6. The number of furan rings is 1. The molecule has 0 saturated carbocycles. The lowest BCUT2D eigenvalue weighted by Crippen LogP contribution is -2.28. The summed E-state index contributed by atoms with van der Waals surface area (Å²) in [5.74, 6) is 0.849. The first-order valence-electron chi connectivity index (χ1n) is 8.92. The van der Waals surface area contributed by atoms with E-state index >= 15 is 0 Å². The van der Waals surface area contributed by atoms with Crippen molar-refractivity contribution in [2.24, 2.45) is 5.10 Å². The summed E-state index contributed by atoms with van der Waals surface area (Å²) in [6.45, 7) is 0. The molecular formula is C20H15ClN4O2S2. The number of carbonyl (C=O) groups is 1. The third kappa shape index (κ3) is 3.71. The number of amides is 1. The molecule has 0 bridgehead atoms. The Labute approximate surface area is 179 Å². The van der Waals surface area contributed by atoms with Gasteiger partial charge in [0.25, 0.3) is 5.91 Å². The molecule has 4 heterocycles. The van der Waals surface area contributed by atoms with Crippen molar-refractivity contribution < 1.29 is 9.21 Å². The minimum atomic E-state index is -0.113. The molecule has 1 aliphatic heterocycles. The van der Waals surface area contributed by atoms with Gasteiger partial charge in [-0.25, -0.2) is 9.99 Å². The van der Waals surface area contributed by atoms with Crippen LogP contribution in [0.5, 0.6) is 0 Å². The van der Waals surface area contributed by atoms with Crippen molar-refractivity contribution in [3.63, 3.8) is 0 Å².